The summed E-state index contributed by atoms with van der Waals surface area (Å²) in [5.74, 6) is -0.101. The first kappa shape index (κ1) is 12.8. The maximum atomic E-state index is 13.6. The molecule has 2 aromatic rings. The van der Waals surface area contributed by atoms with Gasteiger partial charge in [0, 0.05) is 9.75 Å². The fourth-order valence-electron chi connectivity index (χ4n) is 1.88. The number of rotatable bonds is 2. The van der Waals surface area contributed by atoms with Gasteiger partial charge in [-0.05, 0) is 49.6 Å². The minimum Gasteiger partial charge on any atom is -0.206 e. The van der Waals surface area contributed by atoms with Gasteiger partial charge in [-0.3, -0.25) is 0 Å². The molecule has 0 bridgehead atoms. The SMILES string of the molecule is Cc1ccc(C(Br)c2cc(C)c(F)c(C)c2)s1. The highest BCUT2D eigenvalue weighted by atomic mass is 79.9. The normalized spacial score (nSPS) is 12.8. The van der Waals surface area contributed by atoms with E-state index in [0.717, 1.165) is 5.56 Å². The first-order valence-corrected chi connectivity index (χ1v) is 7.19. The van der Waals surface area contributed by atoms with E-state index in [1.807, 2.05) is 26.0 Å². The van der Waals surface area contributed by atoms with Crippen molar-refractivity contribution in [1.29, 1.82) is 0 Å². The van der Waals surface area contributed by atoms with Crippen LogP contribution < -0.4 is 0 Å². The molecule has 0 aliphatic carbocycles. The average molecular weight is 313 g/mol. The van der Waals surface area contributed by atoms with Crippen LogP contribution in [0.25, 0.3) is 0 Å². The highest BCUT2D eigenvalue weighted by molar-refractivity contribution is 9.09. The monoisotopic (exact) mass is 312 g/mol. The Kier molecular flexibility index (Phi) is 3.69. The van der Waals surface area contributed by atoms with Crippen molar-refractivity contribution >= 4 is 27.3 Å². The number of hydrogen-bond donors (Lipinski definition) is 0. The van der Waals surface area contributed by atoms with E-state index in [-0.39, 0.29) is 10.6 Å². The van der Waals surface area contributed by atoms with E-state index in [2.05, 4.69) is 35.0 Å². The number of alkyl halides is 1. The predicted octanol–water partition coefficient (Wildman–Crippen LogP) is 5.30. The maximum Gasteiger partial charge on any atom is 0.129 e. The molecule has 0 aliphatic rings. The molecule has 0 nitrogen and oxygen atoms in total. The van der Waals surface area contributed by atoms with E-state index in [9.17, 15) is 4.39 Å². The van der Waals surface area contributed by atoms with Gasteiger partial charge in [0.25, 0.3) is 0 Å². The number of thiophene rings is 1. The Hall–Kier alpha value is -0.670. The van der Waals surface area contributed by atoms with Gasteiger partial charge in [0.1, 0.15) is 5.82 Å². The van der Waals surface area contributed by atoms with Gasteiger partial charge in [-0.25, -0.2) is 4.39 Å². The second-order valence-electron chi connectivity index (χ2n) is 4.28. The van der Waals surface area contributed by atoms with Crippen molar-refractivity contribution < 1.29 is 4.39 Å². The highest BCUT2D eigenvalue weighted by Gasteiger charge is 2.14. The van der Waals surface area contributed by atoms with Crippen LogP contribution in [0.2, 0.25) is 0 Å². The lowest BCUT2D eigenvalue weighted by atomic mass is 10.0. The van der Waals surface area contributed by atoms with Crippen LogP contribution in [0.1, 0.15) is 31.3 Å². The number of hydrogen-bond acceptors (Lipinski definition) is 1. The second-order valence-corrected chi connectivity index (χ2v) is 6.51. The zero-order valence-corrected chi connectivity index (χ0v) is 12.5. The summed E-state index contributed by atoms with van der Waals surface area (Å²) in [6.45, 7) is 5.71. The zero-order chi connectivity index (χ0) is 12.6. The third kappa shape index (κ3) is 2.61. The molecule has 0 amide bonds. The summed E-state index contributed by atoms with van der Waals surface area (Å²) in [5.41, 5.74) is 2.53. The van der Waals surface area contributed by atoms with Gasteiger partial charge in [-0.2, -0.15) is 0 Å². The molecule has 1 aromatic heterocycles. The van der Waals surface area contributed by atoms with Gasteiger partial charge >= 0.3 is 0 Å². The number of halogens is 2. The van der Waals surface area contributed by atoms with Crippen molar-refractivity contribution in [3.8, 4) is 0 Å². The maximum absolute atomic E-state index is 13.6. The molecule has 0 fully saturated rings. The number of aryl methyl sites for hydroxylation is 3. The molecule has 0 saturated carbocycles. The molecule has 0 saturated heterocycles. The Morgan fingerprint density at radius 2 is 1.71 bits per heavy atom. The van der Waals surface area contributed by atoms with Gasteiger partial charge in [0.2, 0.25) is 0 Å². The van der Waals surface area contributed by atoms with Crippen LogP contribution >= 0.6 is 27.3 Å². The van der Waals surface area contributed by atoms with Crippen LogP contribution in [0.15, 0.2) is 24.3 Å². The minimum absolute atomic E-state index is 0.101. The van der Waals surface area contributed by atoms with Crippen molar-refractivity contribution in [2.45, 2.75) is 25.6 Å². The van der Waals surface area contributed by atoms with Crippen LogP contribution in [0.5, 0.6) is 0 Å². The molecule has 0 spiro atoms. The van der Waals surface area contributed by atoms with Gasteiger partial charge in [-0.15, -0.1) is 11.3 Å². The summed E-state index contributed by atoms with van der Waals surface area (Å²) in [4.78, 5) is 2.70. The fraction of sp³-hybridized carbons (Fsp3) is 0.286. The first-order chi connectivity index (χ1) is 7.99. The van der Waals surface area contributed by atoms with E-state index in [4.69, 9.17) is 0 Å². The molecular formula is C14H14BrFS. The Bertz CT molecular complexity index is 522. The van der Waals surface area contributed by atoms with Gasteiger partial charge in [0.05, 0.1) is 4.83 Å². The average Bonchev–Trinajstić information content (AvgIpc) is 2.71. The van der Waals surface area contributed by atoms with E-state index in [1.165, 1.54) is 9.75 Å². The fourth-order valence-corrected chi connectivity index (χ4v) is 3.46. The van der Waals surface area contributed by atoms with E-state index < -0.39 is 0 Å². The predicted molar refractivity (Wildman–Crippen MR) is 75.7 cm³/mol. The molecule has 3 heteroatoms. The van der Waals surface area contributed by atoms with Crippen LogP contribution in [0, 0.1) is 26.6 Å². The van der Waals surface area contributed by atoms with Gasteiger partial charge in [0.15, 0.2) is 0 Å². The third-order valence-corrected chi connectivity index (χ3v) is 5.15. The van der Waals surface area contributed by atoms with E-state index >= 15 is 0 Å². The van der Waals surface area contributed by atoms with Gasteiger partial charge < -0.3 is 0 Å². The molecule has 0 radical (unpaired) electrons. The summed E-state index contributed by atoms with van der Waals surface area (Å²) in [5, 5.41) is 0. The Morgan fingerprint density at radius 3 is 2.18 bits per heavy atom. The van der Waals surface area contributed by atoms with Crippen LogP contribution in [0.4, 0.5) is 4.39 Å². The van der Waals surface area contributed by atoms with Crippen LogP contribution in [-0.4, -0.2) is 0 Å². The lowest BCUT2D eigenvalue weighted by Crippen LogP contribution is -1.95. The summed E-state index contributed by atoms with van der Waals surface area (Å²) >= 11 is 5.45. The van der Waals surface area contributed by atoms with Crippen molar-refractivity contribution in [3.05, 3.63) is 56.5 Å². The van der Waals surface area contributed by atoms with Crippen LogP contribution in [0.3, 0.4) is 0 Å². The van der Waals surface area contributed by atoms with Gasteiger partial charge in [-0.1, -0.05) is 28.1 Å². The molecule has 2 rings (SSSR count). The summed E-state index contributed by atoms with van der Waals surface area (Å²) in [6.07, 6.45) is 0. The molecule has 1 unspecified atom stereocenters. The molecule has 1 heterocycles. The molecule has 1 atom stereocenters. The first-order valence-electron chi connectivity index (χ1n) is 5.46. The zero-order valence-electron chi connectivity index (χ0n) is 10.1. The quantitative estimate of drug-likeness (QED) is 0.660. The third-order valence-electron chi connectivity index (χ3n) is 2.76. The molecular weight excluding hydrogens is 299 g/mol. The van der Waals surface area contributed by atoms with E-state index in [1.54, 1.807) is 11.3 Å². The van der Waals surface area contributed by atoms with Crippen molar-refractivity contribution in [3.63, 3.8) is 0 Å². The highest BCUT2D eigenvalue weighted by Crippen LogP contribution is 2.36. The molecule has 1 aromatic carbocycles. The lowest BCUT2D eigenvalue weighted by molar-refractivity contribution is 0.608. The van der Waals surface area contributed by atoms with E-state index in [0.29, 0.717) is 11.1 Å². The summed E-state index contributed by atoms with van der Waals surface area (Å²) < 4.78 is 13.6. The molecule has 17 heavy (non-hydrogen) atoms. The number of benzene rings is 1. The Balaban J connectivity index is 2.41. The van der Waals surface area contributed by atoms with Crippen molar-refractivity contribution in [2.24, 2.45) is 0 Å². The summed E-state index contributed by atoms with van der Waals surface area (Å²) in [7, 11) is 0. The van der Waals surface area contributed by atoms with Crippen molar-refractivity contribution in [2.75, 3.05) is 0 Å². The molecule has 90 valence electrons. The topological polar surface area (TPSA) is 0 Å². The smallest absolute Gasteiger partial charge is 0.129 e. The summed E-state index contributed by atoms with van der Waals surface area (Å²) in [6, 6.07) is 8.05. The standard InChI is InChI=1S/C14H14BrFS/c1-8-6-11(7-9(2)14(8)16)13(15)12-5-4-10(3)17-12/h4-7,13H,1-3H3. The molecule has 0 aliphatic heterocycles. The lowest BCUT2D eigenvalue weighted by Gasteiger charge is -2.11. The minimum atomic E-state index is -0.101. The molecule has 0 N–H and O–H groups in total. The Labute approximate surface area is 114 Å². The Morgan fingerprint density at radius 1 is 1.12 bits per heavy atom. The van der Waals surface area contributed by atoms with Crippen LogP contribution in [-0.2, 0) is 0 Å². The largest absolute Gasteiger partial charge is 0.206 e. The van der Waals surface area contributed by atoms with Crippen molar-refractivity contribution in [1.82, 2.24) is 0 Å². The second kappa shape index (κ2) is 4.91.